The Balaban J connectivity index is 0.0000141. The molecule has 7 amide bonds. The molecular formula is C43H64N7NaO21S. The molecule has 13 atom stereocenters. The van der Waals surface area contributed by atoms with Gasteiger partial charge in [-0.05, 0) is 37.5 Å². The molecule has 4 rings (SSSR count). The average Bonchev–Trinajstić information content (AvgIpc) is 3.88. The maximum Gasteiger partial charge on any atom is 1.00 e. The number of aromatic hydroxyl groups is 1. The number of rotatable bonds is 17. The molecule has 0 radical (unpaired) electrons. The smallest absolute Gasteiger partial charge is 0.691 e. The molecule has 0 bridgehead atoms. The molecule has 3 aliphatic heterocycles. The molecule has 30 heteroatoms. The van der Waals surface area contributed by atoms with Crippen LogP contribution in [0.15, 0.2) is 30.9 Å². The first-order valence-corrected chi connectivity index (χ1v) is 23.5. The summed E-state index contributed by atoms with van der Waals surface area (Å²) in [5.74, 6) is -9.50. The van der Waals surface area contributed by atoms with Gasteiger partial charge in [-0.3, -0.25) is 33.8 Å². The fourth-order valence-corrected chi connectivity index (χ4v) is 8.73. The SMILES string of the molecule is C=CCOC(=O)N(CC[C@@H](O)[C@@H]1NC(=O)[C@H]([C@H](O)Cc2ccc(O)c(OSOO[O-])c2)NC(=O)[C@@H]2C[C@@H](O)CN2C(=O)[C@H]([C@@H](C)O)NC(=O)[C@@H](C)C[C@@H](O)CNC(=O)[C@@H]2[C@@H](O)[C@@H](C)CN2C1=O)C(CO)CO.[Na+]. The van der Waals surface area contributed by atoms with Crippen molar-refractivity contribution < 1.29 is 133 Å². The summed E-state index contributed by atoms with van der Waals surface area (Å²) in [7, 11) is 0. The Bertz CT molecular complexity index is 2060. The van der Waals surface area contributed by atoms with Gasteiger partial charge in [-0.2, -0.15) is 0 Å². The van der Waals surface area contributed by atoms with E-state index in [0.29, 0.717) is 0 Å². The average molecular weight is 1070 g/mol. The molecule has 0 spiro atoms. The van der Waals surface area contributed by atoms with Gasteiger partial charge >= 0.3 is 35.7 Å². The molecule has 0 aliphatic carbocycles. The summed E-state index contributed by atoms with van der Waals surface area (Å²) in [4.78, 5) is 101. The maximum atomic E-state index is 14.8. The molecule has 28 nitrogen and oxygen atoms in total. The minimum absolute atomic E-state index is 0. The van der Waals surface area contributed by atoms with Crippen molar-refractivity contribution in [2.24, 2.45) is 11.8 Å². The Morgan fingerprint density at radius 2 is 1.53 bits per heavy atom. The van der Waals surface area contributed by atoms with Gasteiger partial charge in [0.2, 0.25) is 35.4 Å². The quantitative estimate of drug-likeness (QED) is 0.0172. The standard InChI is InChI=1S/C43H65N7O21S.Na/c1-5-10-68-43(66)48(24(18-51)19-52)9-8-29(57)34-42(65)50-16-21(3)36(59)35(50)40(63)44-15-25(54)11-20(2)37(60)45-32(22(4)53)41(64)49-17-26(55)14-27(49)38(61)46-33(39(62)47-34)30(58)12-23-6-7-28(56)31(13-23)69-72-71-70-67;/h5-7,13,20-22,24-27,29-30,32-36,51-59,67H,1,8-12,14-19H2,2-4H3,(H,44,63)(H,45,60)(H,46,61)(H,47,62);/q;+1/p-1/t20-,21-,22+,25+,26+,27-,29+,30+,32-,33-,34-,35-,36-;/m0./s1. The van der Waals surface area contributed by atoms with Crippen LogP contribution in [0, 0.1) is 11.8 Å². The van der Waals surface area contributed by atoms with E-state index in [-0.39, 0.29) is 72.8 Å². The van der Waals surface area contributed by atoms with Crippen molar-refractivity contribution in [3.63, 3.8) is 0 Å². The van der Waals surface area contributed by atoms with E-state index in [1.165, 1.54) is 26.0 Å². The minimum atomic E-state index is -2.18. The molecule has 404 valence electrons. The van der Waals surface area contributed by atoms with Crippen LogP contribution in [0.25, 0.3) is 0 Å². The molecular weight excluding hydrogens is 1010 g/mol. The van der Waals surface area contributed by atoms with E-state index in [1.807, 2.05) is 0 Å². The number of carbonyl (C=O) groups excluding carboxylic acids is 7. The van der Waals surface area contributed by atoms with Crippen LogP contribution in [0.3, 0.4) is 0 Å². The van der Waals surface area contributed by atoms with Crippen LogP contribution in [0.1, 0.15) is 45.6 Å². The summed E-state index contributed by atoms with van der Waals surface area (Å²) in [5, 5.41) is 121. The molecule has 13 N–H and O–H groups in total. The second kappa shape index (κ2) is 29.6. The monoisotopic (exact) mass is 1070 g/mol. The van der Waals surface area contributed by atoms with Crippen LogP contribution in [-0.2, 0) is 49.3 Å². The minimum Gasteiger partial charge on any atom is -0.691 e. The zero-order valence-electron chi connectivity index (χ0n) is 40.6. The van der Waals surface area contributed by atoms with Crippen molar-refractivity contribution in [2.45, 2.75) is 119 Å². The fraction of sp³-hybridized carbons (Fsp3) is 0.651. The van der Waals surface area contributed by atoms with Crippen LogP contribution < -0.4 is 60.3 Å². The van der Waals surface area contributed by atoms with E-state index in [4.69, 9.17) is 8.92 Å². The van der Waals surface area contributed by atoms with Gasteiger partial charge in [-0.25, -0.2) is 4.79 Å². The molecule has 0 aromatic heterocycles. The van der Waals surface area contributed by atoms with E-state index in [1.54, 1.807) is 0 Å². The summed E-state index contributed by atoms with van der Waals surface area (Å²) < 4.78 is 14.2. The maximum absolute atomic E-state index is 14.8. The third-order valence-corrected chi connectivity index (χ3v) is 12.8. The van der Waals surface area contributed by atoms with Gasteiger partial charge in [-0.1, -0.05) is 32.6 Å². The van der Waals surface area contributed by atoms with Crippen LogP contribution in [0.4, 0.5) is 4.79 Å². The number of phenolic OH excluding ortho intramolecular Hbond substituents is 1. The van der Waals surface area contributed by atoms with Crippen LogP contribution in [-0.4, -0.2) is 221 Å². The first-order valence-electron chi connectivity index (χ1n) is 22.8. The van der Waals surface area contributed by atoms with E-state index in [9.17, 15) is 84.8 Å². The Morgan fingerprint density at radius 3 is 2.16 bits per heavy atom. The van der Waals surface area contributed by atoms with Crippen molar-refractivity contribution in [1.29, 1.82) is 0 Å². The first kappa shape index (κ1) is 62.9. The first-order chi connectivity index (χ1) is 34.1. The number of carbonyl (C=O) groups is 7. The summed E-state index contributed by atoms with van der Waals surface area (Å²) >= 11 is -0.00120. The number of aliphatic hydroxyl groups excluding tert-OH is 8. The number of hydrogen-bond donors (Lipinski definition) is 13. The molecule has 1 aromatic carbocycles. The van der Waals surface area contributed by atoms with E-state index in [0.717, 1.165) is 33.8 Å². The van der Waals surface area contributed by atoms with Crippen LogP contribution in [0.5, 0.6) is 11.5 Å². The van der Waals surface area contributed by atoms with Crippen LogP contribution >= 0.6 is 12.3 Å². The van der Waals surface area contributed by atoms with Crippen molar-refractivity contribution in [3.05, 3.63) is 36.4 Å². The van der Waals surface area contributed by atoms with Crippen molar-refractivity contribution in [1.82, 2.24) is 36.0 Å². The Labute approximate surface area is 445 Å². The number of benzene rings is 1. The number of amides is 7. The predicted octanol–water partition coefficient (Wildman–Crippen LogP) is -9.28. The van der Waals surface area contributed by atoms with Gasteiger partial charge in [0.15, 0.2) is 11.5 Å². The Hall–Kier alpha value is -4.44. The van der Waals surface area contributed by atoms with Gasteiger partial charge in [-0.15, -0.1) is 4.33 Å². The van der Waals surface area contributed by atoms with Gasteiger partial charge in [0.05, 0.1) is 55.9 Å². The normalized spacial score (nSPS) is 28.0. The third-order valence-electron chi connectivity index (χ3n) is 12.4. The summed E-state index contributed by atoms with van der Waals surface area (Å²) in [5.41, 5.74) is 0.0821. The number of ether oxygens (including phenoxy) is 1. The largest absolute Gasteiger partial charge is 1.00 e. The number of fused-ring (bicyclic) bond motifs is 2. The summed E-state index contributed by atoms with van der Waals surface area (Å²) in [6.07, 6.45) is -12.0. The topological polar surface area (TPSA) is 419 Å². The van der Waals surface area contributed by atoms with Gasteiger partial charge in [0, 0.05) is 50.9 Å². The number of aliphatic hydroxyl groups is 8. The molecule has 0 unspecified atom stereocenters. The van der Waals surface area contributed by atoms with Gasteiger partial charge < -0.3 is 96.1 Å². The van der Waals surface area contributed by atoms with E-state index in [2.05, 4.69) is 37.2 Å². The number of nitrogens with one attached hydrogen (secondary N) is 4. The Morgan fingerprint density at radius 1 is 0.890 bits per heavy atom. The van der Waals surface area contributed by atoms with Gasteiger partial charge in [0.25, 0.3) is 12.3 Å². The van der Waals surface area contributed by atoms with Gasteiger partial charge in [0.1, 0.15) is 36.8 Å². The van der Waals surface area contributed by atoms with E-state index >= 15 is 0 Å². The Kier molecular flexibility index (Phi) is 25.5. The zero-order valence-corrected chi connectivity index (χ0v) is 43.4. The fourth-order valence-electron chi connectivity index (χ4n) is 8.47. The zero-order chi connectivity index (χ0) is 53.6. The summed E-state index contributed by atoms with van der Waals surface area (Å²) in [6.45, 7) is 3.57. The molecule has 73 heavy (non-hydrogen) atoms. The van der Waals surface area contributed by atoms with E-state index < -0.39 is 184 Å². The molecule has 3 aliphatic rings. The second-order valence-corrected chi connectivity index (χ2v) is 18.3. The predicted molar refractivity (Wildman–Crippen MR) is 242 cm³/mol. The second-order valence-electron chi connectivity index (χ2n) is 17.8. The van der Waals surface area contributed by atoms with Crippen molar-refractivity contribution in [3.8, 4) is 11.5 Å². The molecule has 3 heterocycles. The third kappa shape index (κ3) is 16.8. The summed E-state index contributed by atoms with van der Waals surface area (Å²) in [6, 6.07) is -7.31. The number of β-amino-alcohol motifs (C(OH)–C–C–N with tert-alkyl or cyclic N) is 1. The number of nitrogens with zero attached hydrogens (tertiary/aromatic N) is 3. The van der Waals surface area contributed by atoms with Crippen molar-refractivity contribution >= 4 is 53.9 Å². The molecule has 0 saturated carbocycles. The molecule has 3 fully saturated rings. The molecule has 3 saturated heterocycles. The van der Waals surface area contributed by atoms with Crippen LogP contribution in [0.2, 0.25) is 0 Å². The molecule has 1 aromatic rings. The number of phenols is 1. The van der Waals surface area contributed by atoms with Crippen molar-refractivity contribution in [2.75, 3.05) is 46.0 Å². The number of hydrogen-bond acceptors (Lipinski definition) is 22.